The van der Waals surface area contributed by atoms with Crippen molar-refractivity contribution >= 4 is 5.91 Å². The molecule has 0 saturated heterocycles. The van der Waals surface area contributed by atoms with E-state index in [1.54, 1.807) is 6.92 Å². The van der Waals surface area contributed by atoms with E-state index in [1.807, 2.05) is 0 Å². The summed E-state index contributed by atoms with van der Waals surface area (Å²) in [5.41, 5.74) is 0. The molecule has 0 spiro atoms. The van der Waals surface area contributed by atoms with Gasteiger partial charge in [-0.1, -0.05) is 39.5 Å². The molecule has 0 aromatic heterocycles. The van der Waals surface area contributed by atoms with Crippen molar-refractivity contribution in [3.63, 3.8) is 0 Å². The molecule has 0 rings (SSSR count). The highest BCUT2D eigenvalue weighted by molar-refractivity contribution is 5.81. The van der Waals surface area contributed by atoms with E-state index < -0.39 is 30.3 Å². The van der Waals surface area contributed by atoms with E-state index in [-0.39, 0.29) is 6.42 Å². The first-order chi connectivity index (χ1) is 9.45. The van der Waals surface area contributed by atoms with E-state index in [2.05, 4.69) is 12.2 Å². The standard InChI is InChI=1S/C14H29NO5/c1-3-5-6-7-8-9-15-14(20)13(19)12(18)11(17)10(16)4-2/h10-13,16-19H,3-9H2,1-2H3,(H,15,20)/t10-,11-,12+,13-/m0/s1. The van der Waals surface area contributed by atoms with Crippen molar-refractivity contribution in [1.82, 2.24) is 5.32 Å². The average Bonchev–Trinajstić information content (AvgIpc) is 2.47. The molecule has 0 heterocycles. The van der Waals surface area contributed by atoms with Crippen LogP contribution in [0.4, 0.5) is 0 Å². The van der Waals surface area contributed by atoms with Gasteiger partial charge in [-0.25, -0.2) is 0 Å². The highest BCUT2D eigenvalue weighted by Crippen LogP contribution is 2.08. The van der Waals surface area contributed by atoms with Crippen LogP contribution in [0.2, 0.25) is 0 Å². The molecule has 0 fully saturated rings. The van der Waals surface area contributed by atoms with Gasteiger partial charge in [-0.3, -0.25) is 4.79 Å². The Kier molecular flexibility index (Phi) is 10.6. The molecule has 0 saturated carbocycles. The lowest BCUT2D eigenvalue weighted by atomic mass is 10.0. The summed E-state index contributed by atoms with van der Waals surface area (Å²) in [7, 11) is 0. The molecule has 0 aliphatic carbocycles. The van der Waals surface area contributed by atoms with Gasteiger partial charge in [-0.15, -0.1) is 0 Å². The molecule has 0 radical (unpaired) electrons. The fourth-order valence-electron chi connectivity index (χ4n) is 1.86. The maximum Gasteiger partial charge on any atom is 0.251 e. The van der Waals surface area contributed by atoms with Gasteiger partial charge in [0, 0.05) is 6.54 Å². The van der Waals surface area contributed by atoms with Crippen LogP contribution >= 0.6 is 0 Å². The average molecular weight is 291 g/mol. The predicted octanol–water partition coefficient (Wildman–Crippen LogP) is -0.0734. The van der Waals surface area contributed by atoms with Crippen molar-refractivity contribution in [3.05, 3.63) is 0 Å². The van der Waals surface area contributed by atoms with Gasteiger partial charge in [-0.05, 0) is 12.8 Å². The Morgan fingerprint density at radius 1 is 0.950 bits per heavy atom. The van der Waals surface area contributed by atoms with Crippen molar-refractivity contribution in [3.8, 4) is 0 Å². The number of aliphatic hydroxyl groups excluding tert-OH is 4. The minimum atomic E-state index is -1.73. The molecule has 5 N–H and O–H groups in total. The molecule has 0 aromatic rings. The van der Waals surface area contributed by atoms with E-state index >= 15 is 0 Å². The Hall–Kier alpha value is -0.690. The van der Waals surface area contributed by atoms with Crippen molar-refractivity contribution in [2.45, 2.75) is 76.8 Å². The molecule has 0 unspecified atom stereocenters. The van der Waals surface area contributed by atoms with Crippen LogP contribution in [-0.4, -0.2) is 57.3 Å². The van der Waals surface area contributed by atoms with Crippen LogP contribution in [0.3, 0.4) is 0 Å². The first-order valence-corrected chi connectivity index (χ1v) is 7.45. The second-order valence-corrected chi connectivity index (χ2v) is 5.11. The molecule has 6 heteroatoms. The SMILES string of the molecule is CCCCCCCNC(=O)[C@@H](O)[C@H](O)[C@@H](O)[C@@H](O)CC. The Balaban J connectivity index is 3.96. The van der Waals surface area contributed by atoms with E-state index in [9.17, 15) is 25.2 Å². The summed E-state index contributed by atoms with van der Waals surface area (Å²) in [6.45, 7) is 4.18. The zero-order valence-electron chi connectivity index (χ0n) is 12.5. The highest BCUT2D eigenvalue weighted by Gasteiger charge is 2.33. The molecule has 20 heavy (non-hydrogen) atoms. The van der Waals surface area contributed by atoms with Crippen LogP contribution in [0.5, 0.6) is 0 Å². The minimum Gasteiger partial charge on any atom is -0.390 e. The number of hydrogen-bond acceptors (Lipinski definition) is 5. The van der Waals surface area contributed by atoms with Gasteiger partial charge >= 0.3 is 0 Å². The van der Waals surface area contributed by atoms with Crippen LogP contribution in [0.25, 0.3) is 0 Å². The fourth-order valence-corrected chi connectivity index (χ4v) is 1.86. The number of rotatable bonds is 11. The molecule has 0 bridgehead atoms. The lowest BCUT2D eigenvalue weighted by molar-refractivity contribution is -0.146. The summed E-state index contributed by atoms with van der Waals surface area (Å²) in [4.78, 5) is 11.6. The summed E-state index contributed by atoms with van der Waals surface area (Å²) in [6.07, 6.45) is -0.661. The normalized spacial score (nSPS) is 17.3. The topological polar surface area (TPSA) is 110 Å². The van der Waals surface area contributed by atoms with Crippen molar-refractivity contribution in [1.29, 1.82) is 0 Å². The van der Waals surface area contributed by atoms with Crippen LogP contribution in [0.1, 0.15) is 52.4 Å². The second kappa shape index (κ2) is 11.0. The van der Waals surface area contributed by atoms with E-state index in [4.69, 9.17) is 0 Å². The van der Waals surface area contributed by atoms with E-state index in [0.29, 0.717) is 6.54 Å². The van der Waals surface area contributed by atoms with Crippen molar-refractivity contribution in [2.24, 2.45) is 0 Å². The van der Waals surface area contributed by atoms with Crippen LogP contribution in [-0.2, 0) is 4.79 Å². The largest absolute Gasteiger partial charge is 0.390 e. The van der Waals surface area contributed by atoms with Gasteiger partial charge in [0.05, 0.1) is 6.10 Å². The smallest absolute Gasteiger partial charge is 0.251 e. The lowest BCUT2D eigenvalue weighted by Gasteiger charge is -2.25. The Morgan fingerprint density at radius 3 is 2.10 bits per heavy atom. The molecule has 1 amide bonds. The quantitative estimate of drug-likeness (QED) is 0.342. The summed E-state index contributed by atoms with van der Waals surface area (Å²) in [5.74, 6) is -0.727. The zero-order chi connectivity index (χ0) is 15.5. The number of hydrogen-bond donors (Lipinski definition) is 5. The summed E-state index contributed by atoms with van der Waals surface area (Å²) < 4.78 is 0. The summed E-state index contributed by atoms with van der Waals surface area (Å²) >= 11 is 0. The lowest BCUT2D eigenvalue weighted by Crippen LogP contribution is -2.50. The van der Waals surface area contributed by atoms with Crippen LogP contribution in [0.15, 0.2) is 0 Å². The number of nitrogens with one attached hydrogen (secondary N) is 1. The molecule has 0 aliphatic heterocycles. The molecular formula is C14H29NO5. The van der Waals surface area contributed by atoms with Gasteiger partial charge in [0.15, 0.2) is 6.10 Å². The Labute approximate surface area is 120 Å². The third-order valence-corrected chi connectivity index (χ3v) is 3.33. The van der Waals surface area contributed by atoms with Gasteiger partial charge in [0.2, 0.25) is 0 Å². The zero-order valence-corrected chi connectivity index (χ0v) is 12.5. The van der Waals surface area contributed by atoms with Gasteiger partial charge in [-0.2, -0.15) is 0 Å². The van der Waals surface area contributed by atoms with Crippen LogP contribution in [0, 0.1) is 0 Å². The monoisotopic (exact) mass is 291 g/mol. The predicted molar refractivity (Wildman–Crippen MR) is 76.1 cm³/mol. The minimum absolute atomic E-state index is 0.226. The molecule has 6 nitrogen and oxygen atoms in total. The molecule has 0 aliphatic rings. The molecular weight excluding hydrogens is 262 g/mol. The maximum absolute atomic E-state index is 11.6. The fraction of sp³-hybridized carbons (Fsp3) is 0.929. The Morgan fingerprint density at radius 2 is 1.55 bits per heavy atom. The van der Waals surface area contributed by atoms with Crippen molar-refractivity contribution < 1.29 is 25.2 Å². The molecule has 0 aromatic carbocycles. The van der Waals surface area contributed by atoms with E-state index in [1.165, 1.54) is 0 Å². The number of unbranched alkanes of at least 4 members (excludes halogenated alkanes) is 4. The summed E-state index contributed by atoms with van der Waals surface area (Å²) in [5, 5.41) is 40.6. The first-order valence-electron chi connectivity index (χ1n) is 7.45. The van der Waals surface area contributed by atoms with Gasteiger partial charge in [0.1, 0.15) is 12.2 Å². The third kappa shape index (κ3) is 7.19. The van der Waals surface area contributed by atoms with Gasteiger partial charge in [0.25, 0.3) is 5.91 Å². The number of amides is 1. The van der Waals surface area contributed by atoms with Crippen molar-refractivity contribution in [2.75, 3.05) is 6.54 Å². The number of carbonyl (C=O) groups excluding carboxylic acids is 1. The van der Waals surface area contributed by atoms with Gasteiger partial charge < -0.3 is 25.7 Å². The first kappa shape index (κ1) is 19.3. The summed E-state index contributed by atoms with van der Waals surface area (Å²) in [6, 6.07) is 0. The maximum atomic E-state index is 11.6. The number of aliphatic hydroxyl groups is 4. The molecule has 120 valence electrons. The Bertz CT molecular complexity index is 262. The highest BCUT2D eigenvalue weighted by atomic mass is 16.4. The second-order valence-electron chi connectivity index (χ2n) is 5.11. The number of carbonyl (C=O) groups is 1. The van der Waals surface area contributed by atoms with Crippen LogP contribution < -0.4 is 5.32 Å². The van der Waals surface area contributed by atoms with E-state index in [0.717, 1.165) is 32.1 Å². The third-order valence-electron chi connectivity index (χ3n) is 3.33. The molecule has 4 atom stereocenters.